The van der Waals surface area contributed by atoms with Crippen LogP contribution < -0.4 is 5.32 Å². The Bertz CT molecular complexity index is 129. The number of halogens is 2. The molecule has 0 aliphatic carbocycles. The first-order valence-corrected chi connectivity index (χ1v) is 4.62. The Hall–Kier alpha value is -0.220. The van der Waals surface area contributed by atoms with Crippen molar-refractivity contribution >= 4 is 0 Å². The predicted octanol–water partition coefficient (Wildman–Crippen LogP) is 2.05. The summed E-state index contributed by atoms with van der Waals surface area (Å²) in [5, 5.41) is 2.70. The van der Waals surface area contributed by atoms with Crippen LogP contribution in [0.15, 0.2) is 0 Å². The summed E-state index contributed by atoms with van der Waals surface area (Å²) in [6.45, 7) is 4.15. The minimum absolute atomic E-state index is 0.0279. The molecule has 0 heterocycles. The van der Waals surface area contributed by atoms with Crippen molar-refractivity contribution in [3.8, 4) is 0 Å². The molecule has 0 aromatic carbocycles. The second-order valence-corrected chi connectivity index (χ2v) is 3.38. The van der Waals surface area contributed by atoms with E-state index in [4.69, 9.17) is 4.74 Å². The number of hydrogen-bond acceptors (Lipinski definition) is 2. The highest BCUT2D eigenvalue weighted by Gasteiger charge is 2.27. The summed E-state index contributed by atoms with van der Waals surface area (Å²) in [6.07, 6.45) is -0.280. The summed E-state index contributed by atoms with van der Waals surface area (Å²) in [5.41, 5.74) is 0. The average molecular weight is 195 g/mol. The van der Waals surface area contributed by atoms with E-state index in [1.54, 1.807) is 7.05 Å². The van der Waals surface area contributed by atoms with E-state index in [-0.39, 0.29) is 25.6 Å². The first kappa shape index (κ1) is 12.8. The zero-order chi connectivity index (χ0) is 10.3. The van der Waals surface area contributed by atoms with Crippen molar-refractivity contribution in [3.05, 3.63) is 0 Å². The molecule has 0 saturated heterocycles. The molecule has 0 saturated carbocycles. The summed E-state index contributed by atoms with van der Waals surface area (Å²) >= 11 is 0. The predicted molar refractivity (Wildman–Crippen MR) is 49.2 cm³/mol. The normalized spacial score (nSPS) is 12.5. The Morgan fingerprint density at radius 3 is 2.38 bits per heavy atom. The molecule has 1 N–H and O–H groups in total. The van der Waals surface area contributed by atoms with Crippen molar-refractivity contribution in [3.63, 3.8) is 0 Å². The molecule has 0 aromatic rings. The largest absolute Gasteiger partial charge is 0.379 e. The lowest BCUT2D eigenvalue weighted by Gasteiger charge is -2.16. The number of ether oxygens (including phenoxy) is 1. The van der Waals surface area contributed by atoms with E-state index < -0.39 is 5.92 Å². The van der Waals surface area contributed by atoms with E-state index in [2.05, 4.69) is 5.32 Å². The molecule has 0 aliphatic rings. The lowest BCUT2D eigenvalue weighted by Crippen LogP contribution is -2.25. The van der Waals surface area contributed by atoms with Crippen LogP contribution in [0.2, 0.25) is 0 Å². The van der Waals surface area contributed by atoms with Crippen LogP contribution in [0.4, 0.5) is 8.78 Å². The van der Waals surface area contributed by atoms with E-state index >= 15 is 0 Å². The van der Waals surface area contributed by atoms with Crippen LogP contribution in [-0.2, 0) is 4.74 Å². The Kier molecular flexibility index (Phi) is 6.16. The third-order valence-corrected chi connectivity index (χ3v) is 1.66. The molecule has 0 amide bonds. The van der Waals surface area contributed by atoms with Gasteiger partial charge in [0.15, 0.2) is 0 Å². The minimum atomic E-state index is -2.60. The van der Waals surface area contributed by atoms with Crippen molar-refractivity contribution in [1.29, 1.82) is 0 Å². The highest BCUT2D eigenvalue weighted by Crippen LogP contribution is 2.22. The van der Waals surface area contributed by atoms with Gasteiger partial charge in [0, 0.05) is 19.4 Å². The number of nitrogens with one attached hydrogen (secondary N) is 1. The molecule has 13 heavy (non-hydrogen) atoms. The smallest absolute Gasteiger partial charge is 0.251 e. The van der Waals surface area contributed by atoms with Gasteiger partial charge >= 0.3 is 0 Å². The third-order valence-electron chi connectivity index (χ3n) is 1.66. The fourth-order valence-electron chi connectivity index (χ4n) is 0.877. The molecule has 0 aromatic heterocycles. The fraction of sp³-hybridized carbons (Fsp3) is 1.00. The van der Waals surface area contributed by atoms with Crippen molar-refractivity contribution in [2.24, 2.45) is 0 Å². The summed E-state index contributed by atoms with van der Waals surface area (Å²) in [5.74, 6) is -2.60. The van der Waals surface area contributed by atoms with Gasteiger partial charge in [-0.3, -0.25) is 0 Å². The maximum atomic E-state index is 12.9. The van der Waals surface area contributed by atoms with Gasteiger partial charge in [-0.25, -0.2) is 8.78 Å². The van der Waals surface area contributed by atoms with Crippen LogP contribution >= 0.6 is 0 Å². The van der Waals surface area contributed by atoms with E-state index in [0.717, 1.165) is 0 Å². The first-order chi connectivity index (χ1) is 5.98. The van der Waals surface area contributed by atoms with Gasteiger partial charge in [0.1, 0.15) is 0 Å². The Balaban J connectivity index is 3.50. The minimum Gasteiger partial charge on any atom is -0.379 e. The Morgan fingerprint density at radius 1 is 1.31 bits per heavy atom. The van der Waals surface area contributed by atoms with Crippen molar-refractivity contribution in [2.45, 2.75) is 38.7 Å². The molecule has 0 fully saturated rings. The molecule has 2 nitrogen and oxygen atoms in total. The molecular weight excluding hydrogens is 176 g/mol. The lowest BCUT2D eigenvalue weighted by atomic mass is 10.2. The quantitative estimate of drug-likeness (QED) is 0.671. The molecule has 4 heteroatoms. The maximum absolute atomic E-state index is 12.9. The monoisotopic (exact) mass is 195 g/mol. The van der Waals surface area contributed by atoms with Crippen LogP contribution in [0.3, 0.4) is 0 Å². The molecule has 0 aliphatic heterocycles. The molecule has 0 spiro atoms. The van der Waals surface area contributed by atoms with Gasteiger partial charge in [0.05, 0.1) is 12.7 Å². The van der Waals surface area contributed by atoms with Crippen LogP contribution in [-0.4, -0.2) is 32.2 Å². The maximum Gasteiger partial charge on any atom is 0.251 e. The fourth-order valence-corrected chi connectivity index (χ4v) is 0.877. The molecule has 0 rings (SSSR count). The molecule has 0 atom stereocenters. The van der Waals surface area contributed by atoms with Crippen LogP contribution in [0.1, 0.15) is 26.7 Å². The molecule has 0 bridgehead atoms. The van der Waals surface area contributed by atoms with Gasteiger partial charge in [-0.15, -0.1) is 0 Å². The zero-order valence-electron chi connectivity index (χ0n) is 8.57. The van der Waals surface area contributed by atoms with Gasteiger partial charge in [-0.05, 0) is 20.9 Å². The highest BCUT2D eigenvalue weighted by atomic mass is 19.3. The second-order valence-electron chi connectivity index (χ2n) is 3.38. The Morgan fingerprint density at radius 2 is 1.92 bits per heavy atom. The van der Waals surface area contributed by atoms with Crippen molar-refractivity contribution in [1.82, 2.24) is 5.32 Å². The van der Waals surface area contributed by atoms with E-state index in [0.29, 0.717) is 6.54 Å². The van der Waals surface area contributed by atoms with Crippen molar-refractivity contribution in [2.75, 3.05) is 20.2 Å². The summed E-state index contributed by atoms with van der Waals surface area (Å²) in [4.78, 5) is 0. The lowest BCUT2D eigenvalue weighted by molar-refractivity contribution is -0.0470. The van der Waals surface area contributed by atoms with Gasteiger partial charge in [-0.1, -0.05) is 0 Å². The van der Waals surface area contributed by atoms with E-state index in [1.807, 2.05) is 13.8 Å². The zero-order valence-corrected chi connectivity index (χ0v) is 8.57. The van der Waals surface area contributed by atoms with E-state index in [1.165, 1.54) is 0 Å². The standard InChI is InChI=1S/C9H19F2NO/c1-8(2)13-7-5-9(10,11)4-6-12-3/h8,12H,4-7H2,1-3H3. The average Bonchev–Trinajstić information content (AvgIpc) is 2.00. The van der Waals surface area contributed by atoms with Crippen LogP contribution in [0.5, 0.6) is 0 Å². The topological polar surface area (TPSA) is 21.3 Å². The van der Waals surface area contributed by atoms with Crippen LogP contribution in [0.25, 0.3) is 0 Å². The Labute approximate surface area is 78.7 Å². The molecular formula is C9H19F2NO. The van der Waals surface area contributed by atoms with Crippen molar-refractivity contribution < 1.29 is 13.5 Å². The van der Waals surface area contributed by atoms with Gasteiger partial charge < -0.3 is 10.1 Å². The summed E-state index contributed by atoms with van der Waals surface area (Å²) in [7, 11) is 1.67. The third kappa shape index (κ3) is 8.12. The van der Waals surface area contributed by atoms with Gasteiger partial charge in [-0.2, -0.15) is 0 Å². The molecule has 0 radical (unpaired) electrons. The van der Waals surface area contributed by atoms with E-state index in [9.17, 15) is 8.78 Å². The number of hydrogen-bond donors (Lipinski definition) is 1. The molecule has 80 valence electrons. The van der Waals surface area contributed by atoms with Crippen LogP contribution in [0, 0.1) is 0 Å². The highest BCUT2D eigenvalue weighted by molar-refractivity contribution is 4.66. The molecule has 0 unspecified atom stereocenters. The SMILES string of the molecule is CNCCC(F)(F)CCOC(C)C. The number of alkyl halides is 2. The second kappa shape index (κ2) is 6.27. The summed E-state index contributed by atoms with van der Waals surface area (Å²) < 4.78 is 30.9. The summed E-state index contributed by atoms with van der Waals surface area (Å²) in [6, 6.07) is 0. The first-order valence-electron chi connectivity index (χ1n) is 4.62. The van der Waals surface area contributed by atoms with Gasteiger partial charge in [0.2, 0.25) is 0 Å². The number of rotatable bonds is 7. The van der Waals surface area contributed by atoms with Gasteiger partial charge in [0.25, 0.3) is 5.92 Å².